The Labute approximate surface area is 103 Å². The van der Waals surface area contributed by atoms with Crippen molar-refractivity contribution in [1.29, 1.82) is 0 Å². The number of nitrogens with one attached hydrogen (secondary N) is 1. The second-order valence-corrected chi connectivity index (χ2v) is 4.72. The summed E-state index contributed by atoms with van der Waals surface area (Å²) in [5, 5.41) is 13.0. The van der Waals surface area contributed by atoms with Gasteiger partial charge in [0, 0.05) is 19.6 Å². The number of fused-ring (bicyclic) bond motifs is 1. The first-order chi connectivity index (χ1) is 8.24. The van der Waals surface area contributed by atoms with Gasteiger partial charge in [0.2, 0.25) is 0 Å². The van der Waals surface area contributed by atoms with Gasteiger partial charge >= 0.3 is 0 Å². The highest BCUT2D eigenvalue weighted by molar-refractivity contribution is 5.34. The highest BCUT2D eigenvalue weighted by Crippen LogP contribution is 2.23. The van der Waals surface area contributed by atoms with Crippen LogP contribution >= 0.6 is 0 Å². The van der Waals surface area contributed by atoms with Gasteiger partial charge in [-0.2, -0.15) is 0 Å². The maximum Gasteiger partial charge on any atom is 0.0914 e. The van der Waals surface area contributed by atoms with Crippen molar-refractivity contribution in [2.45, 2.75) is 26.0 Å². The molecule has 0 spiro atoms. The molecule has 2 rings (SSSR count). The first kappa shape index (κ1) is 12.6. The molecule has 0 bridgehead atoms. The molecule has 0 aromatic heterocycles. The van der Waals surface area contributed by atoms with Gasteiger partial charge in [0.25, 0.3) is 0 Å². The summed E-state index contributed by atoms with van der Waals surface area (Å²) in [4.78, 5) is 2.45. The number of nitrogens with zero attached hydrogens (tertiary/aromatic N) is 1. The average molecular weight is 234 g/mol. The van der Waals surface area contributed by atoms with E-state index in [1.54, 1.807) is 0 Å². The maximum absolute atomic E-state index is 9.95. The Hall–Kier alpha value is -0.900. The summed E-state index contributed by atoms with van der Waals surface area (Å²) in [5.41, 5.74) is 3.85. The number of rotatable bonds is 4. The van der Waals surface area contributed by atoms with E-state index < -0.39 is 6.10 Å². The molecule has 1 unspecified atom stereocenters. The monoisotopic (exact) mass is 234 g/mol. The van der Waals surface area contributed by atoms with E-state index in [0.717, 1.165) is 31.6 Å². The SMILES string of the molecule is CCN1CCc2cc(C(O)CNC)ccc2C1. The van der Waals surface area contributed by atoms with Gasteiger partial charge < -0.3 is 10.4 Å². The third-order valence-corrected chi connectivity index (χ3v) is 3.55. The van der Waals surface area contributed by atoms with Crippen molar-refractivity contribution in [2.75, 3.05) is 26.7 Å². The van der Waals surface area contributed by atoms with E-state index in [1.807, 2.05) is 7.05 Å². The maximum atomic E-state index is 9.95. The zero-order chi connectivity index (χ0) is 12.3. The van der Waals surface area contributed by atoms with Crippen LogP contribution in [-0.4, -0.2) is 36.7 Å². The molecule has 0 amide bonds. The predicted molar refractivity (Wildman–Crippen MR) is 70.0 cm³/mol. The summed E-state index contributed by atoms with van der Waals surface area (Å²) in [5.74, 6) is 0. The molecule has 2 N–H and O–H groups in total. The highest BCUT2D eigenvalue weighted by atomic mass is 16.3. The third-order valence-electron chi connectivity index (χ3n) is 3.55. The zero-order valence-electron chi connectivity index (χ0n) is 10.7. The summed E-state index contributed by atoms with van der Waals surface area (Å²) in [7, 11) is 1.86. The average Bonchev–Trinajstić information content (AvgIpc) is 2.37. The number of benzene rings is 1. The fourth-order valence-electron chi connectivity index (χ4n) is 2.42. The minimum Gasteiger partial charge on any atom is -0.387 e. The Morgan fingerprint density at radius 3 is 2.94 bits per heavy atom. The minimum absolute atomic E-state index is 0.394. The van der Waals surface area contributed by atoms with Gasteiger partial charge in [0.1, 0.15) is 0 Å². The van der Waals surface area contributed by atoms with Crippen molar-refractivity contribution in [3.63, 3.8) is 0 Å². The van der Waals surface area contributed by atoms with Crippen LogP contribution in [0.15, 0.2) is 18.2 Å². The van der Waals surface area contributed by atoms with Crippen molar-refractivity contribution in [3.05, 3.63) is 34.9 Å². The summed E-state index contributed by atoms with van der Waals surface area (Å²) in [6.45, 7) is 6.11. The van der Waals surface area contributed by atoms with Crippen LogP contribution in [0.1, 0.15) is 29.7 Å². The van der Waals surface area contributed by atoms with E-state index in [4.69, 9.17) is 0 Å². The molecule has 0 saturated carbocycles. The van der Waals surface area contributed by atoms with E-state index in [1.165, 1.54) is 11.1 Å². The lowest BCUT2D eigenvalue weighted by molar-refractivity contribution is 0.177. The van der Waals surface area contributed by atoms with Gasteiger partial charge in [-0.05, 0) is 36.7 Å². The Balaban J connectivity index is 2.15. The lowest BCUT2D eigenvalue weighted by atomic mass is 9.95. The molecule has 3 nitrogen and oxygen atoms in total. The Morgan fingerprint density at radius 1 is 1.41 bits per heavy atom. The van der Waals surface area contributed by atoms with Gasteiger partial charge in [-0.3, -0.25) is 4.90 Å². The Kier molecular flexibility index (Phi) is 4.15. The van der Waals surface area contributed by atoms with Crippen molar-refractivity contribution in [1.82, 2.24) is 10.2 Å². The van der Waals surface area contributed by atoms with Crippen LogP contribution in [0.3, 0.4) is 0 Å². The van der Waals surface area contributed by atoms with Crippen LogP contribution in [0.5, 0.6) is 0 Å². The van der Waals surface area contributed by atoms with Gasteiger partial charge in [-0.15, -0.1) is 0 Å². The second-order valence-electron chi connectivity index (χ2n) is 4.72. The van der Waals surface area contributed by atoms with Gasteiger partial charge in [0.15, 0.2) is 0 Å². The first-order valence-electron chi connectivity index (χ1n) is 6.41. The van der Waals surface area contributed by atoms with Crippen LogP contribution in [0.4, 0.5) is 0 Å². The molecule has 1 aliphatic heterocycles. The summed E-state index contributed by atoms with van der Waals surface area (Å²) < 4.78 is 0. The Bertz CT molecular complexity index is 378. The molecule has 1 aromatic rings. The highest BCUT2D eigenvalue weighted by Gasteiger charge is 2.16. The van der Waals surface area contributed by atoms with Crippen molar-refractivity contribution < 1.29 is 5.11 Å². The number of aliphatic hydroxyl groups excluding tert-OH is 1. The number of likely N-dealkylation sites (N-methyl/N-ethyl adjacent to an activating group) is 2. The summed E-state index contributed by atoms with van der Waals surface area (Å²) in [6.07, 6.45) is 0.707. The molecule has 0 saturated heterocycles. The quantitative estimate of drug-likeness (QED) is 0.824. The largest absolute Gasteiger partial charge is 0.387 e. The van der Waals surface area contributed by atoms with Crippen LogP contribution in [0.25, 0.3) is 0 Å². The number of hydrogen-bond donors (Lipinski definition) is 2. The van der Waals surface area contributed by atoms with E-state index in [-0.39, 0.29) is 0 Å². The molecule has 94 valence electrons. The van der Waals surface area contributed by atoms with Gasteiger partial charge in [-0.25, -0.2) is 0 Å². The smallest absolute Gasteiger partial charge is 0.0914 e. The standard InChI is InChI=1S/C14H22N2O/c1-3-16-7-6-11-8-12(14(17)9-15-2)4-5-13(11)10-16/h4-5,8,14-15,17H,3,6-7,9-10H2,1-2H3. The number of aliphatic hydroxyl groups is 1. The first-order valence-corrected chi connectivity index (χ1v) is 6.41. The molecule has 1 aliphatic rings. The molecule has 3 heteroatoms. The van der Waals surface area contributed by atoms with Crippen molar-refractivity contribution in [2.24, 2.45) is 0 Å². The molecule has 0 fully saturated rings. The van der Waals surface area contributed by atoms with E-state index in [2.05, 4.69) is 35.3 Å². The lowest BCUT2D eigenvalue weighted by Gasteiger charge is -2.28. The summed E-state index contributed by atoms with van der Waals surface area (Å²) >= 11 is 0. The molecular weight excluding hydrogens is 212 g/mol. The van der Waals surface area contributed by atoms with Crippen LogP contribution < -0.4 is 5.32 Å². The Morgan fingerprint density at radius 2 is 2.24 bits per heavy atom. The van der Waals surface area contributed by atoms with Crippen molar-refractivity contribution in [3.8, 4) is 0 Å². The molecule has 0 radical (unpaired) electrons. The molecular formula is C14H22N2O. The fourth-order valence-corrected chi connectivity index (χ4v) is 2.42. The van der Waals surface area contributed by atoms with Crippen LogP contribution in [0.2, 0.25) is 0 Å². The molecule has 1 atom stereocenters. The van der Waals surface area contributed by atoms with Crippen LogP contribution in [0, 0.1) is 0 Å². The fraction of sp³-hybridized carbons (Fsp3) is 0.571. The molecule has 0 aliphatic carbocycles. The lowest BCUT2D eigenvalue weighted by Crippen LogP contribution is -2.30. The van der Waals surface area contributed by atoms with Crippen LogP contribution in [-0.2, 0) is 13.0 Å². The van der Waals surface area contributed by atoms with E-state index >= 15 is 0 Å². The zero-order valence-corrected chi connectivity index (χ0v) is 10.7. The minimum atomic E-state index is -0.394. The molecule has 17 heavy (non-hydrogen) atoms. The molecule has 1 heterocycles. The summed E-state index contributed by atoms with van der Waals surface area (Å²) in [6, 6.07) is 6.40. The second kappa shape index (κ2) is 5.63. The van der Waals surface area contributed by atoms with Crippen molar-refractivity contribution >= 4 is 0 Å². The van der Waals surface area contributed by atoms with Gasteiger partial charge in [-0.1, -0.05) is 25.1 Å². The predicted octanol–water partition coefficient (Wildman–Crippen LogP) is 1.32. The van der Waals surface area contributed by atoms with E-state index in [9.17, 15) is 5.11 Å². The van der Waals surface area contributed by atoms with E-state index in [0.29, 0.717) is 6.54 Å². The van der Waals surface area contributed by atoms with Gasteiger partial charge in [0.05, 0.1) is 6.10 Å². The molecule has 1 aromatic carbocycles. The third kappa shape index (κ3) is 2.86. The topological polar surface area (TPSA) is 35.5 Å². The normalized spacial score (nSPS) is 17.8. The number of hydrogen-bond acceptors (Lipinski definition) is 3.